The van der Waals surface area contributed by atoms with Crippen LogP contribution in [0.3, 0.4) is 0 Å². The van der Waals surface area contributed by atoms with Gasteiger partial charge in [0.1, 0.15) is 5.75 Å². The Hall–Kier alpha value is -2.47. The molecule has 1 aliphatic rings. The van der Waals surface area contributed by atoms with E-state index < -0.39 is 0 Å². The minimum atomic E-state index is 0.623. The summed E-state index contributed by atoms with van der Waals surface area (Å²) in [6.07, 6.45) is 1.92. The van der Waals surface area contributed by atoms with Crippen LogP contribution in [0, 0.1) is 13.8 Å². The number of benzene rings is 1. The number of methoxy groups -OCH3 is 1. The van der Waals surface area contributed by atoms with E-state index in [4.69, 9.17) is 4.74 Å². The zero-order chi connectivity index (χ0) is 18.5. The highest BCUT2D eigenvalue weighted by Gasteiger charge is 2.18. The second-order valence-electron chi connectivity index (χ2n) is 6.11. The molecular weight excluding hydrogens is 344 g/mol. The first-order valence-corrected chi connectivity index (χ1v) is 9.51. The van der Waals surface area contributed by atoms with Crippen LogP contribution < -0.4 is 10.2 Å². The number of aryl methyl sites for hydroxylation is 1. The van der Waals surface area contributed by atoms with Crippen molar-refractivity contribution < 1.29 is 4.74 Å². The van der Waals surface area contributed by atoms with Gasteiger partial charge in [-0.05, 0) is 37.6 Å². The van der Waals surface area contributed by atoms with Crippen molar-refractivity contribution >= 4 is 22.6 Å². The number of ether oxygens (including phenoxy) is 1. The summed E-state index contributed by atoms with van der Waals surface area (Å²) in [7, 11) is 1.67. The van der Waals surface area contributed by atoms with Gasteiger partial charge in [-0.2, -0.15) is 5.10 Å². The van der Waals surface area contributed by atoms with Crippen molar-refractivity contribution in [1.29, 1.82) is 0 Å². The van der Waals surface area contributed by atoms with Crippen molar-refractivity contribution in [2.24, 2.45) is 10.1 Å². The Labute approximate surface area is 158 Å². The summed E-state index contributed by atoms with van der Waals surface area (Å²) < 4.78 is 7.43. The number of hydrogen-bond donors (Lipinski definition) is 1. The largest absolute Gasteiger partial charge is 0.497 e. The van der Waals surface area contributed by atoms with Crippen LogP contribution in [-0.4, -0.2) is 28.3 Å². The molecule has 0 atom stereocenters. The topological polar surface area (TPSA) is 50.9 Å². The third-order valence-electron chi connectivity index (χ3n) is 4.39. The van der Waals surface area contributed by atoms with Crippen LogP contribution in [-0.2, 0) is 13.1 Å². The Morgan fingerprint density at radius 1 is 1.35 bits per heavy atom. The van der Waals surface area contributed by atoms with Crippen LogP contribution in [0.1, 0.15) is 22.5 Å². The Balaban J connectivity index is 1.68. The van der Waals surface area contributed by atoms with E-state index in [1.165, 1.54) is 17.0 Å². The highest BCUT2D eigenvalue weighted by molar-refractivity contribution is 8.14. The van der Waals surface area contributed by atoms with Gasteiger partial charge in [0.15, 0.2) is 5.17 Å². The molecule has 0 saturated heterocycles. The van der Waals surface area contributed by atoms with Gasteiger partial charge in [0.05, 0.1) is 19.4 Å². The fraction of sp³-hybridized carbons (Fsp3) is 0.300. The molecule has 1 aromatic carbocycles. The summed E-state index contributed by atoms with van der Waals surface area (Å²) >= 11 is 1.68. The van der Waals surface area contributed by atoms with Crippen molar-refractivity contribution in [2.45, 2.75) is 26.9 Å². The Morgan fingerprint density at radius 2 is 2.12 bits per heavy atom. The molecule has 0 amide bonds. The Morgan fingerprint density at radius 3 is 2.73 bits per heavy atom. The monoisotopic (exact) mass is 368 g/mol. The van der Waals surface area contributed by atoms with Gasteiger partial charge in [-0.15, -0.1) is 6.58 Å². The number of allylic oxidation sites excluding steroid dienone is 1. The van der Waals surface area contributed by atoms with Gasteiger partial charge in [-0.25, -0.2) is 0 Å². The third-order valence-corrected chi connectivity index (χ3v) is 5.30. The first kappa shape index (κ1) is 18.3. The van der Waals surface area contributed by atoms with Crippen LogP contribution >= 0.6 is 11.8 Å². The number of aliphatic imine (C=N–C) groups is 1. The number of aromatic nitrogens is 1. The van der Waals surface area contributed by atoms with Gasteiger partial charge in [0.2, 0.25) is 0 Å². The minimum Gasteiger partial charge on any atom is -0.497 e. The van der Waals surface area contributed by atoms with E-state index in [-0.39, 0.29) is 0 Å². The number of nitrogens with zero attached hydrogens (tertiary/aromatic N) is 3. The van der Waals surface area contributed by atoms with E-state index in [1.54, 1.807) is 18.9 Å². The maximum atomic E-state index is 5.18. The smallest absolute Gasteiger partial charge is 0.177 e. The average Bonchev–Trinajstić information content (AvgIpc) is 2.96. The lowest BCUT2D eigenvalue weighted by molar-refractivity contribution is 0.414. The molecule has 6 heteroatoms. The van der Waals surface area contributed by atoms with E-state index in [9.17, 15) is 0 Å². The van der Waals surface area contributed by atoms with E-state index in [0.29, 0.717) is 6.54 Å². The van der Waals surface area contributed by atoms with Crippen molar-refractivity contribution in [3.05, 3.63) is 65.5 Å². The van der Waals surface area contributed by atoms with Crippen molar-refractivity contribution in [3.8, 4) is 5.75 Å². The number of hydrogen-bond acceptors (Lipinski definition) is 4. The molecule has 0 aliphatic carbocycles. The average molecular weight is 369 g/mol. The fourth-order valence-electron chi connectivity index (χ4n) is 2.93. The van der Waals surface area contributed by atoms with Crippen LogP contribution in [0.15, 0.2) is 53.1 Å². The quantitative estimate of drug-likeness (QED) is 0.787. The molecule has 0 spiro atoms. The highest BCUT2D eigenvalue weighted by atomic mass is 32.2. The lowest BCUT2D eigenvalue weighted by atomic mass is 10.1. The highest BCUT2D eigenvalue weighted by Crippen LogP contribution is 2.21. The van der Waals surface area contributed by atoms with Crippen molar-refractivity contribution in [3.63, 3.8) is 0 Å². The summed E-state index contributed by atoms with van der Waals surface area (Å²) in [6, 6.07) is 10.1. The molecule has 1 aromatic heterocycles. The first-order valence-electron chi connectivity index (χ1n) is 8.53. The second kappa shape index (κ2) is 8.27. The van der Waals surface area contributed by atoms with E-state index in [0.717, 1.165) is 34.5 Å². The van der Waals surface area contributed by atoms with Gasteiger partial charge in [0.25, 0.3) is 0 Å². The minimum absolute atomic E-state index is 0.623. The summed E-state index contributed by atoms with van der Waals surface area (Å²) in [5, 5.41) is 5.40. The standard InChI is InChI=1S/C20H24N4OS/c1-5-10-24-14(2)11-18(15(24)3)19-13-26-20(23-22-19)21-12-16-6-8-17(25-4)9-7-16/h5-9,11H,1,10,12-13H2,2-4H3,(H,21,23). The predicted molar refractivity (Wildman–Crippen MR) is 110 cm³/mol. The number of hydrazone groups is 1. The number of nitrogens with one attached hydrogen (secondary N) is 1. The molecule has 0 saturated carbocycles. The van der Waals surface area contributed by atoms with Gasteiger partial charge in [-0.1, -0.05) is 30.0 Å². The first-order chi connectivity index (χ1) is 12.6. The molecule has 5 nitrogen and oxygen atoms in total. The molecule has 136 valence electrons. The molecule has 1 aliphatic heterocycles. The fourth-order valence-corrected chi connectivity index (χ4v) is 3.69. The summed E-state index contributed by atoms with van der Waals surface area (Å²) in [5.41, 5.74) is 8.94. The molecule has 0 bridgehead atoms. The lowest BCUT2D eigenvalue weighted by Crippen LogP contribution is -2.25. The van der Waals surface area contributed by atoms with Gasteiger partial charge < -0.3 is 9.30 Å². The maximum Gasteiger partial charge on any atom is 0.177 e. The molecule has 0 radical (unpaired) electrons. The Bertz CT molecular complexity index is 849. The summed E-state index contributed by atoms with van der Waals surface area (Å²) in [6.45, 7) is 9.53. The molecule has 3 rings (SSSR count). The van der Waals surface area contributed by atoms with Gasteiger partial charge in [-0.3, -0.25) is 10.4 Å². The van der Waals surface area contributed by atoms with E-state index in [2.05, 4.69) is 46.6 Å². The molecule has 1 N–H and O–H groups in total. The Kier molecular flexibility index (Phi) is 5.83. The predicted octanol–water partition coefficient (Wildman–Crippen LogP) is 3.90. The normalized spacial score (nSPS) is 15.5. The number of amidine groups is 1. The molecule has 0 unspecified atom stereocenters. The zero-order valence-corrected chi connectivity index (χ0v) is 16.3. The SMILES string of the molecule is C=CCn1c(C)cc(C2=NNC(=NCc3ccc(OC)cc3)SC2)c1C. The molecule has 26 heavy (non-hydrogen) atoms. The third kappa shape index (κ3) is 4.02. The number of rotatable bonds is 6. The lowest BCUT2D eigenvalue weighted by Gasteiger charge is -2.15. The van der Waals surface area contributed by atoms with Crippen LogP contribution in [0.4, 0.5) is 0 Å². The van der Waals surface area contributed by atoms with Crippen molar-refractivity contribution in [2.75, 3.05) is 12.9 Å². The number of thioether (sulfide) groups is 1. The molecule has 0 fully saturated rings. The van der Waals surface area contributed by atoms with Crippen LogP contribution in [0.2, 0.25) is 0 Å². The summed E-state index contributed by atoms with van der Waals surface area (Å²) in [4.78, 5) is 4.61. The molecule has 2 aromatic rings. The molecule has 2 heterocycles. The molecular formula is C20H24N4OS. The zero-order valence-electron chi connectivity index (χ0n) is 15.5. The van der Waals surface area contributed by atoms with Gasteiger partial charge >= 0.3 is 0 Å². The van der Waals surface area contributed by atoms with E-state index >= 15 is 0 Å². The second-order valence-corrected chi connectivity index (χ2v) is 7.08. The van der Waals surface area contributed by atoms with Gasteiger partial charge in [0, 0.05) is 29.2 Å². The van der Waals surface area contributed by atoms with Crippen LogP contribution in [0.5, 0.6) is 5.75 Å². The maximum absolute atomic E-state index is 5.18. The van der Waals surface area contributed by atoms with Crippen LogP contribution in [0.25, 0.3) is 0 Å². The van der Waals surface area contributed by atoms with E-state index in [1.807, 2.05) is 30.3 Å². The van der Waals surface area contributed by atoms with Crippen molar-refractivity contribution in [1.82, 2.24) is 9.99 Å². The summed E-state index contributed by atoms with van der Waals surface area (Å²) in [5.74, 6) is 1.67.